The summed E-state index contributed by atoms with van der Waals surface area (Å²) < 4.78 is 29.5. The van der Waals surface area contributed by atoms with E-state index >= 15 is 0 Å². The first-order valence-electron chi connectivity index (χ1n) is 4.15. The van der Waals surface area contributed by atoms with Crippen molar-refractivity contribution in [3.63, 3.8) is 0 Å². The Bertz CT molecular complexity index is 401. The second-order valence-corrected chi connectivity index (χ2v) is 3.83. The summed E-state index contributed by atoms with van der Waals surface area (Å²) in [5.74, 6) is 0.223. The van der Waals surface area contributed by atoms with E-state index in [1.54, 1.807) is 13.0 Å². The molecular weight excluding hydrogens is 268 g/mol. The second-order valence-electron chi connectivity index (χ2n) is 2.91. The predicted octanol–water partition coefficient (Wildman–Crippen LogP) is 3.27. The molecule has 0 heterocycles. The highest BCUT2D eigenvalue weighted by molar-refractivity contribution is 9.10. The maximum Gasteiger partial charge on any atom is 0.272 e. The predicted molar refractivity (Wildman–Crippen MR) is 55.1 cm³/mol. The number of benzene rings is 1. The van der Waals surface area contributed by atoms with Crippen LogP contribution in [0.25, 0.3) is 0 Å². The monoisotopic (exact) mass is 275 g/mol. The van der Waals surface area contributed by atoms with Crippen molar-refractivity contribution in [2.24, 2.45) is 0 Å². The molecule has 0 amide bonds. The smallest absolute Gasteiger partial charge is 0.272 e. The van der Waals surface area contributed by atoms with Gasteiger partial charge in [-0.1, -0.05) is 15.9 Å². The normalized spacial score (nSPS) is 10.1. The van der Waals surface area contributed by atoms with E-state index in [1.807, 2.05) is 6.07 Å². The van der Waals surface area contributed by atoms with Crippen LogP contribution in [0.15, 0.2) is 16.6 Å². The van der Waals surface area contributed by atoms with Gasteiger partial charge < -0.3 is 4.74 Å². The molecular formula is C10H8BrF2NO. The number of aryl methyl sites for hydroxylation is 1. The minimum Gasteiger partial charge on any atom is -0.486 e. The van der Waals surface area contributed by atoms with Gasteiger partial charge >= 0.3 is 0 Å². The summed E-state index contributed by atoms with van der Waals surface area (Å²) in [5.41, 5.74) is 0.907. The Kier molecular flexibility index (Phi) is 4.04. The van der Waals surface area contributed by atoms with Gasteiger partial charge in [0.05, 0.1) is 5.56 Å². The van der Waals surface area contributed by atoms with Crippen LogP contribution in [0.3, 0.4) is 0 Å². The minimum absolute atomic E-state index is 0.223. The number of rotatable bonds is 3. The Balaban J connectivity index is 3.00. The Hall–Kier alpha value is -1.15. The van der Waals surface area contributed by atoms with E-state index in [1.165, 1.54) is 6.07 Å². The van der Waals surface area contributed by atoms with E-state index in [4.69, 9.17) is 10.00 Å². The molecule has 0 aromatic heterocycles. The van der Waals surface area contributed by atoms with E-state index in [0.717, 1.165) is 4.47 Å². The summed E-state index contributed by atoms with van der Waals surface area (Å²) in [6.45, 7) is 1.00. The van der Waals surface area contributed by atoms with Crippen molar-refractivity contribution in [2.45, 2.75) is 13.3 Å². The second kappa shape index (κ2) is 5.08. The Morgan fingerprint density at radius 1 is 1.53 bits per heavy atom. The zero-order valence-corrected chi connectivity index (χ0v) is 9.51. The Morgan fingerprint density at radius 2 is 2.20 bits per heavy atom. The zero-order valence-electron chi connectivity index (χ0n) is 7.93. The third kappa shape index (κ3) is 3.17. The van der Waals surface area contributed by atoms with Gasteiger partial charge in [0.1, 0.15) is 18.4 Å². The topological polar surface area (TPSA) is 33.0 Å². The van der Waals surface area contributed by atoms with Crippen LogP contribution in [0, 0.1) is 18.3 Å². The maximum absolute atomic E-state index is 11.9. The highest BCUT2D eigenvalue weighted by Crippen LogP contribution is 2.27. The van der Waals surface area contributed by atoms with Crippen LogP contribution < -0.4 is 4.74 Å². The number of alkyl halides is 2. The number of nitrogens with zero attached hydrogens (tertiary/aromatic N) is 1. The van der Waals surface area contributed by atoms with Crippen LogP contribution in [0.4, 0.5) is 8.78 Å². The molecule has 15 heavy (non-hydrogen) atoms. The molecule has 0 atom stereocenters. The number of halogens is 3. The van der Waals surface area contributed by atoms with Gasteiger partial charge in [-0.25, -0.2) is 8.78 Å². The quantitative estimate of drug-likeness (QED) is 0.848. The third-order valence-corrected chi connectivity index (χ3v) is 2.17. The lowest BCUT2D eigenvalue weighted by atomic mass is 10.1. The Labute approximate surface area is 94.6 Å². The average molecular weight is 276 g/mol. The number of ether oxygens (including phenoxy) is 1. The fraction of sp³-hybridized carbons (Fsp3) is 0.300. The van der Waals surface area contributed by atoms with Gasteiger partial charge in [0.25, 0.3) is 6.43 Å². The van der Waals surface area contributed by atoms with Crippen LogP contribution in [-0.2, 0) is 0 Å². The molecule has 0 radical (unpaired) electrons. The van der Waals surface area contributed by atoms with Crippen molar-refractivity contribution in [3.05, 3.63) is 27.7 Å². The van der Waals surface area contributed by atoms with Crippen molar-refractivity contribution < 1.29 is 13.5 Å². The SMILES string of the molecule is Cc1cc(Br)cc(C#N)c1OCC(F)F. The standard InChI is InChI=1S/C10H8BrF2NO/c1-6-2-8(11)3-7(4-14)10(6)15-5-9(12)13/h2-3,9H,5H2,1H3. The molecule has 0 aliphatic rings. The van der Waals surface area contributed by atoms with Crippen LogP contribution in [0.1, 0.15) is 11.1 Å². The van der Waals surface area contributed by atoms with Gasteiger partial charge in [0, 0.05) is 4.47 Å². The van der Waals surface area contributed by atoms with Crippen LogP contribution in [-0.4, -0.2) is 13.0 Å². The van der Waals surface area contributed by atoms with E-state index in [-0.39, 0.29) is 11.3 Å². The highest BCUT2D eigenvalue weighted by atomic mass is 79.9. The molecule has 0 aliphatic heterocycles. The van der Waals surface area contributed by atoms with Crippen molar-refractivity contribution in [2.75, 3.05) is 6.61 Å². The number of hydrogen-bond donors (Lipinski definition) is 0. The van der Waals surface area contributed by atoms with Crippen LogP contribution in [0.2, 0.25) is 0 Å². The van der Waals surface area contributed by atoms with Crippen molar-refractivity contribution in [1.82, 2.24) is 0 Å². The molecule has 1 rings (SSSR count). The average Bonchev–Trinajstić information content (AvgIpc) is 2.14. The number of hydrogen-bond acceptors (Lipinski definition) is 2. The van der Waals surface area contributed by atoms with Crippen LogP contribution >= 0.6 is 15.9 Å². The molecule has 0 aliphatic carbocycles. The lowest BCUT2D eigenvalue weighted by molar-refractivity contribution is 0.0814. The lowest BCUT2D eigenvalue weighted by Crippen LogP contribution is -2.08. The summed E-state index contributed by atoms with van der Waals surface area (Å²) in [6, 6.07) is 5.15. The van der Waals surface area contributed by atoms with Crippen LogP contribution in [0.5, 0.6) is 5.75 Å². The van der Waals surface area contributed by atoms with Gasteiger partial charge in [0.2, 0.25) is 0 Å². The number of nitriles is 1. The molecule has 0 unspecified atom stereocenters. The molecule has 80 valence electrons. The summed E-state index contributed by atoms with van der Waals surface area (Å²) in [4.78, 5) is 0. The highest BCUT2D eigenvalue weighted by Gasteiger charge is 2.11. The molecule has 0 fully saturated rings. The van der Waals surface area contributed by atoms with E-state index in [0.29, 0.717) is 5.56 Å². The van der Waals surface area contributed by atoms with Gasteiger partial charge in [-0.2, -0.15) is 5.26 Å². The van der Waals surface area contributed by atoms with Gasteiger partial charge in [-0.15, -0.1) is 0 Å². The fourth-order valence-corrected chi connectivity index (χ4v) is 1.72. The van der Waals surface area contributed by atoms with Crippen molar-refractivity contribution >= 4 is 15.9 Å². The molecule has 0 saturated heterocycles. The van der Waals surface area contributed by atoms with Crippen molar-refractivity contribution in [1.29, 1.82) is 5.26 Å². The van der Waals surface area contributed by atoms with E-state index in [9.17, 15) is 8.78 Å². The summed E-state index contributed by atoms with van der Waals surface area (Å²) in [7, 11) is 0. The molecule has 5 heteroatoms. The maximum atomic E-state index is 11.9. The molecule has 0 saturated carbocycles. The van der Waals surface area contributed by atoms with Gasteiger partial charge in [0.15, 0.2) is 0 Å². The molecule has 1 aromatic carbocycles. The summed E-state index contributed by atoms with van der Waals surface area (Å²) >= 11 is 3.21. The first kappa shape index (κ1) is 11.9. The Morgan fingerprint density at radius 3 is 2.73 bits per heavy atom. The minimum atomic E-state index is -2.54. The van der Waals surface area contributed by atoms with E-state index < -0.39 is 13.0 Å². The van der Waals surface area contributed by atoms with Gasteiger partial charge in [-0.3, -0.25) is 0 Å². The largest absolute Gasteiger partial charge is 0.486 e. The molecule has 2 nitrogen and oxygen atoms in total. The van der Waals surface area contributed by atoms with Crippen molar-refractivity contribution in [3.8, 4) is 11.8 Å². The zero-order chi connectivity index (χ0) is 11.4. The summed E-state index contributed by atoms with van der Waals surface area (Å²) in [5, 5.41) is 8.79. The molecule has 0 spiro atoms. The lowest BCUT2D eigenvalue weighted by Gasteiger charge is -2.10. The first-order valence-corrected chi connectivity index (χ1v) is 4.95. The molecule has 1 aromatic rings. The van der Waals surface area contributed by atoms with Gasteiger partial charge in [-0.05, 0) is 24.6 Å². The summed E-state index contributed by atoms with van der Waals surface area (Å²) in [6.07, 6.45) is -2.54. The van der Waals surface area contributed by atoms with E-state index in [2.05, 4.69) is 15.9 Å². The molecule has 0 N–H and O–H groups in total. The third-order valence-electron chi connectivity index (χ3n) is 1.71. The molecule has 0 bridgehead atoms. The fourth-order valence-electron chi connectivity index (χ4n) is 1.15. The first-order chi connectivity index (χ1) is 7.04.